The molecule has 0 radical (unpaired) electrons. The van der Waals surface area contributed by atoms with Gasteiger partial charge < -0.3 is 0 Å². The molecule has 1 aliphatic rings. The van der Waals surface area contributed by atoms with E-state index < -0.39 is 0 Å². The summed E-state index contributed by atoms with van der Waals surface area (Å²) < 4.78 is 2.24. The third-order valence-corrected chi connectivity index (χ3v) is 12.9. The molecule has 5 heteroatoms. The molecule has 0 bridgehead atoms. The summed E-state index contributed by atoms with van der Waals surface area (Å²) in [6.45, 7) is 13.5. The molecule has 10 aromatic rings. The Hall–Kier alpha value is -7.11. The van der Waals surface area contributed by atoms with E-state index in [1.807, 2.05) is 12.4 Å². The number of hydrogen-bond donors (Lipinski definition) is 0. The monoisotopic (exact) mass is 798 g/mol. The van der Waals surface area contributed by atoms with Gasteiger partial charge in [-0.3, -0.25) is 14.5 Å². The van der Waals surface area contributed by atoms with Gasteiger partial charge in [0, 0.05) is 39.7 Å². The first kappa shape index (κ1) is 37.9. The zero-order valence-electron chi connectivity index (χ0n) is 36.1. The Labute approximate surface area is 364 Å². The van der Waals surface area contributed by atoms with Gasteiger partial charge in [-0.25, -0.2) is 4.98 Å². The van der Waals surface area contributed by atoms with Crippen LogP contribution in [0.15, 0.2) is 176 Å². The molecule has 0 amide bonds. The summed E-state index contributed by atoms with van der Waals surface area (Å²) in [7, 11) is 0. The van der Waals surface area contributed by atoms with E-state index in [0.29, 0.717) is 0 Å². The molecule has 7 aromatic carbocycles. The van der Waals surface area contributed by atoms with E-state index in [1.165, 1.54) is 60.6 Å². The first-order valence-electron chi connectivity index (χ1n) is 21.7. The summed E-state index contributed by atoms with van der Waals surface area (Å²) in [6, 6.07) is 57.6. The minimum Gasteiger partial charge on any atom is -0.293 e. The smallest absolute Gasteiger partial charge is 0.268 e. The van der Waals surface area contributed by atoms with Crippen molar-refractivity contribution < 1.29 is 0 Å². The molecule has 0 saturated carbocycles. The van der Waals surface area contributed by atoms with Crippen molar-refractivity contribution in [2.75, 3.05) is 0 Å². The highest BCUT2D eigenvalue weighted by molar-refractivity contribution is 6.98. The lowest BCUT2D eigenvalue weighted by atomic mass is 9.35. The minimum atomic E-state index is -0.216. The number of fused-ring (bicyclic) bond motifs is 5. The molecule has 11 rings (SSSR count). The lowest BCUT2D eigenvalue weighted by Crippen LogP contribution is -2.56. The van der Waals surface area contributed by atoms with Crippen LogP contribution >= 0.6 is 0 Å². The van der Waals surface area contributed by atoms with Crippen LogP contribution in [0.1, 0.15) is 52.7 Å². The number of rotatable bonds is 5. The second-order valence-corrected chi connectivity index (χ2v) is 18.9. The van der Waals surface area contributed by atoms with E-state index in [0.717, 1.165) is 50.0 Å². The summed E-state index contributed by atoms with van der Waals surface area (Å²) in [5, 5.41) is 3.56. The maximum atomic E-state index is 5.40. The highest BCUT2D eigenvalue weighted by atomic mass is 15.1. The topological polar surface area (TPSA) is 43.6 Å². The normalized spacial score (nSPS) is 12.6. The first-order valence-corrected chi connectivity index (χ1v) is 21.7. The van der Waals surface area contributed by atoms with E-state index in [9.17, 15) is 0 Å². The first-order chi connectivity index (χ1) is 30.0. The lowest BCUT2D eigenvalue weighted by molar-refractivity contribution is 0.590. The van der Waals surface area contributed by atoms with Crippen molar-refractivity contribution in [2.24, 2.45) is 0 Å². The van der Waals surface area contributed by atoms with Gasteiger partial charge in [0.05, 0.1) is 22.7 Å². The van der Waals surface area contributed by atoms with Gasteiger partial charge in [-0.15, -0.1) is 0 Å². The number of hydrogen-bond acceptors (Lipinski definition) is 3. The van der Waals surface area contributed by atoms with Crippen LogP contribution < -0.4 is 16.5 Å². The van der Waals surface area contributed by atoms with Crippen molar-refractivity contribution >= 4 is 55.9 Å². The van der Waals surface area contributed by atoms with Gasteiger partial charge in [-0.05, 0) is 79.1 Å². The van der Waals surface area contributed by atoms with Gasteiger partial charge in [0.1, 0.15) is 0 Å². The predicted molar refractivity (Wildman–Crippen MR) is 262 cm³/mol. The molecule has 0 unspecified atom stereocenters. The molecule has 0 spiro atoms. The van der Waals surface area contributed by atoms with Crippen molar-refractivity contribution in [3.63, 3.8) is 0 Å². The van der Waals surface area contributed by atoms with Crippen LogP contribution in [0.25, 0.3) is 83.0 Å². The second-order valence-electron chi connectivity index (χ2n) is 18.9. The fourth-order valence-corrected chi connectivity index (χ4v) is 9.66. The molecule has 0 fully saturated rings. The van der Waals surface area contributed by atoms with E-state index in [1.54, 1.807) is 0 Å². The van der Waals surface area contributed by atoms with E-state index >= 15 is 0 Å². The van der Waals surface area contributed by atoms with Gasteiger partial charge in [0.15, 0.2) is 5.82 Å². The molecule has 1 aliphatic heterocycles. The summed E-state index contributed by atoms with van der Waals surface area (Å²) in [5.74, 6) is 0.793. The van der Waals surface area contributed by atoms with Crippen molar-refractivity contribution in [2.45, 2.75) is 52.4 Å². The Morgan fingerprint density at radius 1 is 0.435 bits per heavy atom. The Balaban J connectivity index is 1.19. The molecule has 0 N–H and O–H groups in total. The minimum absolute atomic E-state index is 0.00316. The fraction of sp³-hybridized carbons (Fsp3) is 0.140. The number of benzene rings is 7. The molecule has 3 aromatic heterocycles. The van der Waals surface area contributed by atoms with Crippen molar-refractivity contribution in [3.05, 3.63) is 187 Å². The van der Waals surface area contributed by atoms with Crippen LogP contribution in [0.3, 0.4) is 0 Å². The van der Waals surface area contributed by atoms with Crippen molar-refractivity contribution in [3.8, 4) is 50.3 Å². The van der Waals surface area contributed by atoms with E-state index in [-0.39, 0.29) is 17.5 Å². The lowest BCUT2D eigenvalue weighted by Gasteiger charge is -2.30. The summed E-state index contributed by atoms with van der Waals surface area (Å²) in [6.07, 6.45) is 6.07. The molecule has 62 heavy (non-hydrogen) atoms. The Bertz CT molecular complexity index is 3320. The van der Waals surface area contributed by atoms with Crippen LogP contribution in [-0.2, 0) is 10.8 Å². The molecule has 0 aliphatic carbocycles. The highest BCUT2D eigenvalue weighted by Crippen LogP contribution is 2.42. The molecule has 0 atom stereocenters. The van der Waals surface area contributed by atoms with E-state index in [2.05, 4.69) is 210 Å². The van der Waals surface area contributed by atoms with Crippen molar-refractivity contribution in [1.29, 1.82) is 0 Å². The predicted octanol–water partition coefficient (Wildman–Crippen LogP) is 12.2. The summed E-state index contributed by atoms with van der Waals surface area (Å²) in [4.78, 5) is 16.0. The van der Waals surface area contributed by atoms with Gasteiger partial charge in [-0.1, -0.05) is 192 Å². The zero-order valence-corrected chi connectivity index (χ0v) is 36.1. The van der Waals surface area contributed by atoms with E-state index in [4.69, 9.17) is 15.0 Å². The fourth-order valence-electron chi connectivity index (χ4n) is 9.66. The SMILES string of the molecule is CC(C)(C)c1cccc(-c2ccc3c(c2)B(c2cnc(-n4c5ccccc5c5ccccc54)cn2)c2cc(-c4ccccc4)cc4ncc(-c5cccc(C(C)(C)C)c5)c-3c24)c1. The second kappa shape index (κ2) is 14.2. The number of para-hydroxylation sites is 2. The van der Waals surface area contributed by atoms with Gasteiger partial charge in [0.25, 0.3) is 6.71 Å². The Morgan fingerprint density at radius 2 is 1.03 bits per heavy atom. The van der Waals surface area contributed by atoms with Crippen LogP contribution in [0.4, 0.5) is 0 Å². The van der Waals surface area contributed by atoms with Gasteiger partial charge in [-0.2, -0.15) is 0 Å². The Morgan fingerprint density at radius 3 is 1.69 bits per heavy atom. The number of pyridine rings is 1. The third kappa shape index (κ3) is 6.26. The summed E-state index contributed by atoms with van der Waals surface area (Å²) >= 11 is 0. The maximum absolute atomic E-state index is 5.40. The number of nitrogens with zero attached hydrogens (tertiary/aromatic N) is 4. The molecular weight excluding hydrogens is 751 g/mol. The standard InChI is InChI=1S/C57H47BN4/c1-56(2,3)41-20-14-18-37(28-41)38-26-27-45-47(30-38)58(52-34-61-53(35-60-52)62-50-24-12-10-22-43(50)44-23-11-13-25-51(44)62)48-31-40(36-16-8-7-9-17-36)32-49-55(48)54(45)46(33-59-49)39-19-15-21-42(29-39)57(4,5)6/h7-35H,1-6H3. The average molecular weight is 799 g/mol. The van der Waals surface area contributed by atoms with Crippen LogP contribution in [-0.4, -0.2) is 26.2 Å². The quantitative estimate of drug-likeness (QED) is 0.163. The van der Waals surface area contributed by atoms with Gasteiger partial charge in [0.2, 0.25) is 0 Å². The summed E-state index contributed by atoms with van der Waals surface area (Å²) in [5.41, 5.74) is 18.5. The maximum Gasteiger partial charge on any atom is 0.268 e. The number of aromatic nitrogens is 4. The average Bonchev–Trinajstić information content (AvgIpc) is 3.63. The van der Waals surface area contributed by atoms with Crippen LogP contribution in [0.5, 0.6) is 0 Å². The van der Waals surface area contributed by atoms with Crippen molar-refractivity contribution in [1.82, 2.24) is 19.5 Å². The molecule has 298 valence electrons. The molecule has 4 nitrogen and oxygen atoms in total. The zero-order chi connectivity index (χ0) is 42.3. The Kier molecular flexibility index (Phi) is 8.70. The largest absolute Gasteiger partial charge is 0.293 e. The van der Waals surface area contributed by atoms with Crippen LogP contribution in [0, 0.1) is 0 Å². The molecular formula is C57H47BN4. The highest BCUT2D eigenvalue weighted by Gasteiger charge is 2.36. The molecule has 4 heterocycles. The molecule has 0 saturated heterocycles. The third-order valence-electron chi connectivity index (χ3n) is 12.9. The van der Waals surface area contributed by atoms with Crippen LogP contribution in [0.2, 0.25) is 0 Å². The van der Waals surface area contributed by atoms with Gasteiger partial charge >= 0.3 is 0 Å².